The number of carbonyl (C=O) groups is 1. The Balaban J connectivity index is 2.11. The molecule has 1 aliphatic rings. The molecule has 2 rings (SSSR count). The van der Waals surface area contributed by atoms with Crippen LogP contribution in [0.3, 0.4) is 0 Å². The summed E-state index contributed by atoms with van der Waals surface area (Å²) in [7, 11) is 0. The zero-order valence-electron chi connectivity index (χ0n) is 9.56. The molecule has 1 saturated heterocycles. The highest BCUT2D eigenvalue weighted by Gasteiger charge is 2.27. The fraction of sp³-hybridized carbons (Fsp3) is 0.700. The summed E-state index contributed by atoms with van der Waals surface area (Å²) in [6.07, 6.45) is 0.749. The van der Waals surface area contributed by atoms with Crippen LogP contribution in [0.5, 0.6) is 0 Å². The van der Waals surface area contributed by atoms with Gasteiger partial charge in [0.2, 0.25) is 5.82 Å². The number of aromatic nitrogens is 3. The van der Waals surface area contributed by atoms with Crippen LogP contribution in [0.2, 0.25) is 0 Å². The van der Waals surface area contributed by atoms with Gasteiger partial charge in [0.25, 0.3) is 5.91 Å². The van der Waals surface area contributed by atoms with E-state index in [-0.39, 0.29) is 17.8 Å². The predicted octanol–water partition coefficient (Wildman–Crippen LogP) is 0.228. The van der Waals surface area contributed by atoms with Crippen molar-refractivity contribution in [1.82, 2.24) is 20.1 Å². The molecule has 1 aromatic rings. The molecule has 0 spiro atoms. The van der Waals surface area contributed by atoms with Gasteiger partial charge in [-0.2, -0.15) is 0 Å². The lowest BCUT2D eigenvalue weighted by Crippen LogP contribution is -2.47. The Hall–Kier alpha value is -1.43. The number of aromatic amines is 1. The molecule has 6 nitrogen and oxygen atoms in total. The van der Waals surface area contributed by atoms with Gasteiger partial charge in [0.05, 0.1) is 19.3 Å². The lowest BCUT2D eigenvalue weighted by atomic mass is 10.2. The molecule has 0 radical (unpaired) electrons. The van der Waals surface area contributed by atoms with E-state index >= 15 is 0 Å². The van der Waals surface area contributed by atoms with Crippen LogP contribution in [0.15, 0.2) is 0 Å². The number of hydrogen-bond donors (Lipinski definition) is 1. The Kier molecular flexibility index (Phi) is 3.19. The normalized spacial score (nSPS) is 21.1. The van der Waals surface area contributed by atoms with Crippen molar-refractivity contribution in [3.63, 3.8) is 0 Å². The Morgan fingerprint density at radius 3 is 3.12 bits per heavy atom. The number of nitrogens with one attached hydrogen (secondary N) is 1. The first-order valence-electron chi connectivity index (χ1n) is 5.52. The van der Waals surface area contributed by atoms with Gasteiger partial charge in [-0.25, -0.2) is 4.98 Å². The standard InChI is InChI=1S/C10H16N4O2/c1-3-8-11-9(13-12-8)10(15)14-4-5-16-6-7(14)2/h7H,3-6H2,1-2H3,(H,11,12,13). The number of ether oxygens (including phenoxy) is 1. The highest BCUT2D eigenvalue weighted by Crippen LogP contribution is 2.09. The number of aryl methyl sites for hydroxylation is 1. The minimum atomic E-state index is -0.119. The Morgan fingerprint density at radius 1 is 1.69 bits per heavy atom. The van der Waals surface area contributed by atoms with E-state index < -0.39 is 0 Å². The summed E-state index contributed by atoms with van der Waals surface area (Å²) in [6.45, 7) is 5.70. The lowest BCUT2D eigenvalue weighted by Gasteiger charge is -2.32. The van der Waals surface area contributed by atoms with E-state index in [1.807, 2.05) is 13.8 Å². The van der Waals surface area contributed by atoms with Crippen LogP contribution in [0.4, 0.5) is 0 Å². The summed E-state index contributed by atoms with van der Waals surface area (Å²) in [5.74, 6) is 0.876. The van der Waals surface area contributed by atoms with Crippen molar-refractivity contribution in [3.05, 3.63) is 11.6 Å². The maximum atomic E-state index is 12.1. The molecule has 1 atom stereocenters. The van der Waals surface area contributed by atoms with Crippen molar-refractivity contribution in [2.75, 3.05) is 19.8 Å². The highest BCUT2D eigenvalue weighted by molar-refractivity contribution is 5.90. The minimum absolute atomic E-state index is 0.0878. The van der Waals surface area contributed by atoms with E-state index in [2.05, 4.69) is 15.2 Å². The number of amides is 1. The van der Waals surface area contributed by atoms with Crippen LogP contribution in [-0.2, 0) is 11.2 Å². The van der Waals surface area contributed by atoms with Crippen LogP contribution in [-0.4, -0.2) is 51.8 Å². The molecule has 0 bridgehead atoms. The van der Waals surface area contributed by atoms with Crippen LogP contribution in [0.25, 0.3) is 0 Å². The largest absolute Gasteiger partial charge is 0.377 e. The molecule has 0 saturated carbocycles. The highest BCUT2D eigenvalue weighted by atomic mass is 16.5. The van der Waals surface area contributed by atoms with E-state index in [1.165, 1.54) is 0 Å². The minimum Gasteiger partial charge on any atom is -0.377 e. The van der Waals surface area contributed by atoms with Crippen LogP contribution < -0.4 is 0 Å². The second kappa shape index (κ2) is 4.61. The van der Waals surface area contributed by atoms with Crippen molar-refractivity contribution in [1.29, 1.82) is 0 Å². The summed E-state index contributed by atoms with van der Waals surface area (Å²) < 4.78 is 5.28. The van der Waals surface area contributed by atoms with Gasteiger partial charge in [-0.15, -0.1) is 5.10 Å². The molecule has 0 aromatic carbocycles. The molecule has 1 aliphatic heterocycles. The topological polar surface area (TPSA) is 71.1 Å². The average molecular weight is 224 g/mol. The molecular formula is C10H16N4O2. The summed E-state index contributed by atoms with van der Waals surface area (Å²) >= 11 is 0. The fourth-order valence-electron chi connectivity index (χ4n) is 1.71. The zero-order valence-corrected chi connectivity index (χ0v) is 9.56. The second-order valence-electron chi connectivity index (χ2n) is 3.88. The number of hydrogen-bond acceptors (Lipinski definition) is 4. The molecule has 88 valence electrons. The molecular weight excluding hydrogens is 208 g/mol. The molecule has 6 heteroatoms. The van der Waals surface area contributed by atoms with E-state index in [0.717, 1.165) is 12.2 Å². The first-order chi connectivity index (χ1) is 7.72. The Labute approximate surface area is 94.0 Å². The molecule has 1 aromatic heterocycles. The number of morpholine rings is 1. The zero-order chi connectivity index (χ0) is 11.5. The number of H-pyrrole nitrogens is 1. The molecule has 16 heavy (non-hydrogen) atoms. The van der Waals surface area contributed by atoms with E-state index in [0.29, 0.717) is 19.8 Å². The first kappa shape index (κ1) is 11.1. The Bertz CT molecular complexity index is 377. The van der Waals surface area contributed by atoms with Gasteiger partial charge in [-0.1, -0.05) is 6.92 Å². The van der Waals surface area contributed by atoms with E-state index in [1.54, 1.807) is 4.90 Å². The number of nitrogens with zero attached hydrogens (tertiary/aromatic N) is 3. The van der Waals surface area contributed by atoms with Gasteiger partial charge < -0.3 is 9.64 Å². The third-order valence-corrected chi connectivity index (χ3v) is 2.69. The van der Waals surface area contributed by atoms with Crippen LogP contribution in [0, 0.1) is 0 Å². The predicted molar refractivity (Wildman–Crippen MR) is 57.1 cm³/mol. The number of carbonyl (C=O) groups excluding carboxylic acids is 1. The van der Waals surface area contributed by atoms with Crippen molar-refractivity contribution in [2.24, 2.45) is 0 Å². The summed E-state index contributed by atoms with van der Waals surface area (Å²) in [5, 5.41) is 6.68. The average Bonchev–Trinajstić information content (AvgIpc) is 2.77. The van der Waals surface area contributed by atoms with E-state index in [9.17, 15) is 4.79 Å². The lowest BCUT2D eigenvalue weighted by molar-refractivity contribution is 0.00294. The molecule has 1 unspecified atom stereocenters. The van der Waals surface area contributed by atoms with Crippen molar-refractivity contribution in [3.8, 4) is 0 Å². The quantitative estimate of drug-likeness (QED) is 0.780. The molecule has 2 heterocycles. The SMILES string of the molecule is CCc1nc(C(=O)N2CCOCC2C)n[nH]1. The summed E-state index contributed by atoms with van der Waals surface area (Å²) in [5.41, 5.74) is 0. The fourth-order valence-corrected chi connectivity index (χ4v) is 1.71. The van der Waals surface area contributed by atoms with Crippen molar-refractivity contribution < 1.29 is 9.53 Å². The van der Waals surface area contributed by atoms with Gasteiger partial charge in [-0.3, -0.25) is 9.89 Å². The third-order valence-electron chi connectivity index (χ3n) is 2.69. The third kappa shape index (κ3) is 2.06. The van der Waals surface area contributed by atoms with Crippen LogP contribution in [0.1, 0.15) is 30.3 Å². The van der Waals surface area contributed by atoms with Gasteiger partial charge in [0, 0.05) is 13.0 Å². The maximum Gasteiger partial charge on any atom is 0.293 e. The van der Waals surface area contributed by atoms with Crippen LogP contribution >= 0.6 is 0 Å². The van der Waals surface area contributed by atoms with Gasteiger partial charge in [0.1, 0.15) is 5.82 Å². The second-order valence-corrected chi connectivity index (χ2v) is 3.88. The van der Waals surface area contributed by atoms with E-state index in [4.69, 9.17) is 4.74 Å². The smallest absolute Gasteiger partial charge is 0.293 e. The molecule has 1 N–H and O–H groups in total. The summed E-state index contributed by atoms with van der Waals surface area (Å²) in [6, 6.07) is 0.0878. The van der Waals surface area contributed by atoms with Crippen molar-refractivity contribution in [2.45, 2.75) is 26.3 Å². The maximum absolute atomic E-state index is 12.1. The Morgan fingerprint density at radius 2 is 2.50 bits per heavy atom. The summed E-state index contributed by atoms with van der Waals surface area (Å²) in [4.78, 5) is 18.0. The molecule has 1 amide bonds. The number of rotatable bonds is 2. The molecule has 1 fully saturated rings. The molecule has 0 aliphatic carbocycles. The van der Waals surface area contributed by atoms with Gasteiger partial charge in [-0.05, 0) is 6.92 Å². The monoisotopic (exact) mass is 224 g/mol. The van der Waals surface area contributed by atoms with Crippen molar-refractivity contribution >= 4 is 5.91 Å². The van der Waals surface area contributed by atoms with Gasteiger partial charge in [0.15, 0.2) is 0 Å². The first-order valence-corrected chi connectivity index (χ1v) is 5.52. The van der Waals surface area contributed by atoms with Gasteiger partial charge >= 0.3 is 0 Å².